The fraction of sp³-hybridized carbons (Fsp3) is 0.192. The molecule has 0 saturated heterocycles. The first-order valence-electron chi connectivity index (χ1n) is 20.4. The summed E-state index contributed by atoms with van der Waals surface area (Å²) in [6, 6.07) is 38.7. The lowest BCUT2D eigenvalue weighted by molar-refractivity contribution is 0.389. The topological polar surface area (TPSA) is 50.8 Å². The van der Waals surface area contributed by atoms with Crippen molar-refractivity contribution in [2.45, 2.75) is 54.1 Å². The number of nitrogens with zero attached hydrogens (tertiary/aromatic N) is 2. The summed E-state index contributed by atoms with van der Waals surface area (Å²) < 4.78 is 6.69. The second kappa shape index (κ2) is 26.2. The minimum atomic E-state index is -0.0960. The van der Waals surface area contributed by atoms with Crippen LogP contribution in [0.3, 0.4) is 0 Å². The van der Waals surface area contributed by atoms with Crippen LogP contribution in [0.25, 0.3) is 17.2 Å². The number of thiol groups is 1. The van der Waals surface area contributed by atoms with Gasteiger partial charge < -0.3 is 15.2 Å². The van der Waals surface area contributed by atoms with Crippen LogP contribution in [-0.2, 0) is 0 Å². The van der Waals surface area contributed by atoms with Crippen LogP contribution in [0, 0.1) is 0 Å². The zero-order chi connectivity index (χ0) is 42.1. The van der Waals surface area contributed by atoms with Crippen molar-refractivity contribution in [2.24, 2.45) is 0 Å². The molecular formula is C52H62N4OS. The number of fused-ring (bicyclic) bond motifs is 1. The highest BCUT2D eigenvalue weighted by atomic mass is 32.1. The lowest BCUT2D eigenvalue weighted by atomic mass is 10.0. The van der Waals surface area contributed by atoms with E-state index < -0.39 is 0 Å². The van der Waals surface area contributed by atoms with E-state index in [2.05, 4.69) is 211 Å². The van der Waals surface area contributed by atoms with Gasteiger partial charge in [-0.1, -0.05) is 206 Å². The Labute approximate surface area is 354 Å². The van der Waals surface area contributed by atoms with Gasteiger partial charge in [0.05, 0.1) is 17.1 Å². The quantitative estimate of drug-likeness (QED) is 0.0528. The van der Waals surface area contributed by atoms with Crippen molar-refractivity contribution in [3.8, 4) is 0 Å². The number of rotatable bonds is 11. The van der Waals surface area contributed by atoms with Gasteiger partial charge in [-0.15, -0.1) is 0 Å². The number of hydrogen-bond acceptors (Lipinski definition) is 6. The van der Waals surface area contributed by atoms with Crippen LogP contribution >= 0.6 is 12.9 Å². The summed E-state index contributed by atoms with van der Waals surface area (Å²) in [5.74, 6) is 0. The van der Waals surface area contributed by atoms with Gasteiger partial charge in [-0.3, -0.25) is 10.0 Å². The molecule has 302 valence electrons. The average molecular weight is 791 g/mol. The third kappa shape index (κ3) is 12.4. The van der Waals surface area contributed by atoms with E-state index in [0.717, 1.165) is 53.2 Å². The van der Waals surface area contributed by atoms with Gasteiger partial charge in [0.1, 0.15) is 6.17 Å². The maximum atomic E-state index is 6.69. The number of para-hydroxylation sites is 2. The van der Waals surface area contributed by atoms with Gasteiger partial charge in [-0.25, -0.2) is 0 Å². The zero-order valence-electron chi connectivity index (χ0n) is 35.1. The van der Waals surface area contributed by atoms with Gasteiger partial charge >= 0.3 is 0 Å². The molecule has 0 spiro atoms. The molecule has 0 saturated carbocycles. The lowest BCUT2D eigenvalue weighted by Crippen LogP contribution is -2.41. The Kier molecular flexibility index (Phi) is 21.0. The molecular weight excluding hydrogens is 729 g/mol. The molecule has 2 aliphatic heterocycles. The van der Waals surface area contributed by atoms with E-state index >= 15 is 0 Å². The largest absolute Gasteiger partial charge is 0.358 e. The van der Waals surface area contributed by atoms with Gasteiger partial charge in [0, 0.05) is 31.3 Å². The summed E-state index contributed by atoms with van der Waals surface area (Å²) >= 11 is 2.53. The van der Waals surface area contributed by atoms with Crippen molar-refractivity contribution in [1.29, 1.82) is 0 Å². The highest BCUT2D eigenvalue weighted by Gasteiger charge is 2.37. The molecule has 0 amide bonds. The molecule has 0 aromatic heterocycles. The van der Waals surface area contributed by atoms with Crippen molar-refractivity contribution >= 4 is 41.5 Å². The van der Waals surface area contributed by atoms with Crippen LogP contribution in [0.5, 0.6) is 0 Å². The van der Waals surface area contributed by atoms with Gasteiger partial charge in [-0.2, -0.15) is 0 Å². The minimum Gasteiger partial charge on any atom is -0.358 e. The van der Waals surface area contributed by atoms with Crippen LogP contribution in [0.15, 0.2) is 200 Å². The number of hydrogen-bond donors (Lipinski definition) is 4. The van der Waals surface area contributed by atoms with E-state index in [9.17, 15) is 0 Å². The average Bonchev–Trinajstić information content (AvgIpc) is 3.92. The Morgan fingerprint density at radius 1 is 0.741 bits per heavy atom. The molecule has 1 atom stereocenters. The summed E-state index contributed by atoms with van der Waals surface area (Å²) in [5, 5.41) is 11.9. The first kappa shape index (κ1) is 46.6. The SMILES string of the molecule is C=C/C=C\CNC/C=C\C=C/c1ccc(C2=CC3=C(C2)N(N2c4ccccc4NC2c2ccccc2)/C=C(c2ccccc2)\C=C/C3=C)cc1.CC.CC.CC.OS. The fourth-order valence-corrected chi connectivity index (χ4v) is 6.56. The molecule has 3 N–H and O–H groups in total. The van der Waals surface area contributed by atoms with E-state index in [1.54, 1.807) is 6.08 Å². The van der Waals surface area contributed by atoms with Gasteiger partial charge in [0.2, 0.25) is 0 Å². The van der Waals surface area contributed by atoms with Crippen LogP contribution in [0.2, 0.25) is 0 Å². The number of hydrazine groups is 1. The molecule has 0 radical (unpaired) electrons. The maximum absolute atomic E-state index is 6.69. The molecule has 58 heavy (non-hydrogen) atoms. The van der Waals surface area contributed by atoms with E-state index in [0.29, 0.717) is 0 Å². The van der Waals surface area contributed by atoms with Crippen molar-refractivity contribution in [2.75, 3.05) is 23.4 Å². The minimum absolute atomic E-state index is 0.0960. The normalized spacial score (nSPS) is 16.7. The molecule has 3 aliphatic rings. The molecule has 4 aromatic carbocycles. The Bertz CT molecular complexity index is 2070. The summed E-state index contributed by atoms with van der Waals surface area (Å²) in [7, 11) is 0. The van der Waals surface area contributed by atoms with Crippen LogP contribution in [0.4, 0.5) is 11.4 Å². The molecule has 1 unspecified atom stereocenters. The maximum Gasteiger partial charge on any atom is 0.145 e. The molecule has 0 bridgehead atoms. The third-order valence-electron chi connectivity index (χ3n) is 9.09. The van der Waals surface area contributed by atoms with Crippen molar-refractivity contribution in [1.82, 2.24) is 10.3 Å². The van der Waals surface area contributed by atoms with Crippen LogP contribution < -0.4 is 15.6 Å². The Morgan fingerprint density at radius 3 is 2.03 bits per heavy atom. The number of anilines is 2. The van der Waals surface area contributed by atoms with Crippen molar-refractivity contribution in [3.05, 3.63) is 222 Å². The molecule has 4 aromatic rings. The number of benzene rings is 4. The standard InChI is InChI=1S/C46H42N4.3C2H6.H2OS/c1-3-4-15-30-47-31-16-7-8-17-36-25-28-38(29-26-36)41-32-42-35(2)24-27-40(37-18-9-5-10-19-37)34-49(45(42)33-41)50-44-23-14-13-22-43(44)48-46(50)39-20-11-6-12-21-39;4*1-2/h3-29,32,34,46-48H,1-2,30-31,33H2;3*1-2H3;1-2H/b15-4-,16-7-,17-8-,27-24-,40-34+;;;;. The summed E-state index contributed by atoms with van der Waals surface area (Å²) in [5.41, 5.74) is 12.7. The summed E-state index contributed by atoms with van der Waals surface area (Å²) in [6.07, 6.45) is 23.9. The fourth-order valence-electron chi connectivity index (χ4n) is 6.56. The first-order chi connectivity index (χ1) is 28.7. The smallest absolute Gasteiger partial charge is 0.145 e. The molecule has 1 aliphatic carbocycles. The van der Waals surface area contributed by atoms with Gasteiger partial charge in [-0.05, 0) is 70.1 Å². The highest BCUT2D eigenvalue weighted by Crippen LogP contribution is 2.47. The summed E-state index contributed by atoms with van der Waals surface area (Å²) in [4.78, 5) is 0. The van der Waals surface area contributed by atoms with E-state index in [1.807, 2.05) is 47.6 Å². The Hall–Kier alpha value is -5.79. The molecule has 0 fully saturated rings. The predicted octanol–water partition coefficient (Wildman–Crippen LogP) is 14.1. The molecule has 2 heterocycles. The second-order valence-corrected chi connectivity index (χ2v) is 12.4. The van der Waals surface area contributed by atoms with E-state index in [1.165, 1.54) is 28.0 Å². The van der Waals surface area contributed by atoms with Crippen LogP contribution in [0.1, 0.15) is 76.4 Å². The predicted molar refractivity (Wildman–Crippen MR) is 258 cm³/mol. The zero-order valence-corrected chi connectivity index (χ0v) is 36.0. The van der Waals surface area contributed by atoms with Crippen LogP contribution in [-0.4, -0.2) is 22.7 Å². The number of nitrogens with one attached hydrogen (secondary N) is 2. The summed E-state index contributed by atoms with van der Waals surface area (Å²) in [6.45, 7) is 21.9. The first-order valence-corrected chi connectivity index (χ1v) is 20.8. The second-order valence-electron chi connectivity index (χ2n) is 12.4. The Morgan fingerprint density at radius 2 is 1.36 bits per heavy atom. The van der Waals surface area contributed by atoms with E-state index in [4.69, 9.17) is 4.55 Å². The number of allylic oxidation sites excluding steroid dienone is 11. The highest BCUT2D eigenvalue weighted by molar-refractivity contribution is 7.74. The lowest BCUT2D eigenvalue weighted by Gasteiger charge is -2.39. The monoisotopic (exact) mass is 790 g/mol. The Balaban J connectivity index is 0.00000106. The molecule has 6 heteroatoms. The van der Waals surface area contributed by atoms with Gasteiger partial charge in [0.25, 0.3) is 0 Å². The molecule has 7 rings (SSSR count). The molecule has 5 nitrogen and oxygen atoms in total. The van der Waals surface area contributed by atoms with Crippen molar-refractivity contribution < 1.29 is 4.55 Å². The third-order valence-corrected chi connectivity index (χ3v) is 9.09. The van der Waals surface area contributed by atoms with Crippen molar-refractivity contribution in [3.63, 3.8) is 0 Å². The van der Waals surface area contributed by atoms with E-state index in [-0.39, 0.29) is 6.17 Å². The van der Waals surface area contributed by atoms with Gasteiger partial charge in [0.15, 0.2) is 0 Å².